The van der Waals surface area contributed by atoms with E-state index in [2.05, 4.69) is 34.4 Å². The van der Waals surface area contributed by atoms with Crippen LogP contribution in [0.2, 0.25) is 0 Å². The molecule has 0 radical (unpaired) electrons. The number of carbonyl (C=O) groups excluding carboxylic acids is 1. The van der Waals surface area contributed by atoms with Gasteiger partial charge in [-0.25, -0.2) is 9.78 Å². The summed E-state index contributed by atoms with van der Waals surface area (Å²) in [5, 5.41) is 7.58. The fourth-order valence-corrected chi connectivity index (χ4v) is 4.25. The van der Waals surface area contributed by atoms with Crippen molar-refractivity contribution in [1.82, 2.24) is 20.5 Å². The van der Waals surface area contributed by atoms with Crippen LogP contribution < -0.4 is 10.6 Å². The van der Waals surface area contributed by atoms with E-state index in [1.165, 1.54) is 37.3 Å². The maximum atomic E-state index is 12.0. The van der Waals surface area contributed by atoms with Gasteiger partial charge in [-0.05, 0) is 59.5 Å². The zero-order chi connectivity index (χ0) is 20.5. The molecule has 2 atom stereocenters. The normalized spacial score (nSPS) is 16.8. The van der Waals surface area contributed by atoms with Gasteiger partial charge in [0.15, 0.2) is 5.96 Å². The van der Waals surface area contributed by atoms with Gasteiger partial charge in [0.1, 0.15) is 9.88 Å². The van der Waals surface area contributed by atoms with E-state index in [1.807, 2.05) is 20.8 Å². The molecule has 0 bridgehead atoms. The molecule has 0 aliphatic carbocycles. The highest BCUT2D eigenvalue weighted by molar-refractivity contribution is 14.0. The lowest BCUT2D eigenvalue weighted by Crippen LogP contribution is -2.39. The molecule has 29 heavy (non-hydrogen) atoms. The summed E-state index contributed by atoms with van der Waals surface area (Å²) in [4.78, 5) is 24.5. The molecule has 2 rings (SSSR count). The number of carbonyl (C=O) groups is 1. The first-order valence-electron chi connectivity index (χ1n) is 10.4. The molecular formula is C20H36IN5O2S. The third-order valence-electron chi connectivity index (χ3n) is 4.67. The van der Waals surface area contributed by atoms with Crippen molar-refractivity contribution in [1.29, 1.82) is 0 Å². The van der Waals surface area contributed by atoms with E-state index in [0.717, 1.165) is 30.6 Å². The monoisotopic (exact) mass is 537 g/mol. The highest BCUT2D eigenvalue weighted by atomic mass is 127. The molecule has 2 N–H and O–H groups in total. The quantitative estimate of drug-likeness (QED) is 0.217. The number of aromatic nitrogens is 1. The van der Waals surface area contributed by atoms with Gasteiger partial charge in [-0.15, -0.1) is 35.3 Å². The van der Waals surface area contributed by atoms with Gasteiger partial charge in [-0.3, -0.25) is 4.99 Å². The summed E-state index contributed by atoms with van der Waals surface area (Å²) in [6, 6.07) is -0.0430. The largest absolute Gasteiger partial charge is 0.462 e. The Hall–Kier alpha value is -0.940. The summed E-state index contributed by atoms with van der Waals surface area (Å²) in [7, 11) is 0. The topological polar surface area (TPSA) is 78.9 Å². The first-order chi connectivity index (χ1) is 13.4. The SMILES string of the molecule is CCNC(=NCC(C)CN1CCCC1)NC(C)c1nc(C)c(C(=O)OCC)s1.I. The summed E-state index contributed by atoms with van der Waals surface area (Å²) >= 11 is 1.38. The third kappa shape index (κ3) is 8.37. The Morgan fingerprint density at radius 1 is 1.31 bits per heavy atom. The van der Waals surface area contributed by atoms with Crippen LogP contribution in [-0.2, 0) is 4.74 Å². The van der Waals surface area contributed by atoms with Crippen LogP contribution in [0.1, 0.15) is 67.0 Å². The van der Waals surface area contributed by atoms with Gasteiger partial charge >= 0.3 is 5.97 Å². The average Bonchev–Trinajstić information content (AvgIpc) is 3.29. The Morgan fingerprint density at radius 2 is 2.00 bits per heavy atom. The third-order valence-corrected chi connectivity index (χ3v) is 5.99. The molecule has 2 heterocycles. The van der Waals surface area contributed by atoms with Gasteiger partial charge in [0.2, 0.25) is 0 Å². The predicted molar refractivity (Wildman–Crippen MR) is 131 cm³/mol. The van der Waals surface area contributed by atoms with Crippen molar-refractivity contribution < 1.29 is 9.53 Å². The first-order valence-corrected chi connectivity index (χ1v) is 11.2. The van der Waals surface area contributed by atoms with Crippen molar-refractivity contribution in [2.75, 3.05) is 39.3 Å². The Bertz CT molecular complexity index is 661. The fourth-order valence-electron chi connectivity index (χ4n) is 3.29. The second kappa shape index (κ2) is 13.4. The highest BCUT2D eigenvalue weighted by Crippen LogP contribution is 2.24. The molecule has 1 fully saturated rings. The number of esters is 1. The van der Waals surface area contributed by atoms with Crippen LogP contribution in [-0.4, -0.2) is 61.1 Å². The molecule has 1 aliphatic rings. The zero-order valence-electron chi connectivity index (χ0n) is 18.3. The molecule has 7 nitrogen and oxygen atoms in total. The molecule has 1 aliphatic heterocycles. The minimum atomic E-state index is -0.299. The number of thiazole rings is 1. The minimum absolute atomic E-state index is 0. The lowest BCUT2D eigenvalue weighted by Gasteiger charge is -2.20. The van der Waals surface area contributed by atoms with Crippen LogP contribution in [0, 0.1) is 12.8 Å². The lowest BCUT2D eigenvalue weighted by atomic mass is 10.2. The van der Waals surface area contributed by atoms with E-state index in [9.17, 15) is 4.79 Å². The van der Waals surface area contributed by atoms with E-state index in [-0.39, 0.29) is 36.0 Å². The number of halogens is 1. The zero-order valence-corrected chi connectivity index (χ0v) is 21.4. The van der Waals surface area contributed by atoms with Crippen LogP contribution in [0.3, 0.4) is 0 Å². The number of aryl methyl sites for hydroxylation is 1. The van der Waals surface area contributed by atoms with E-state index < -0.39 is 0 Å². The second-order valence-corrected chi connectivity index (χ2v) is 8.42. The van der Waals surface area contributed by atoms with Crippen LogP contribution in [0.5, 0.6) is 0 Å². The number of likely N-dealkylation sites (tertiary alicyclic amines) is 1. The molecular weight excluding hydrogens is 501 g/mol. The van der Waals surface area contributed by atoms with Crippen molar-refractivity contribution in [2.45, 2.75) is 53.5 Å². The van der Waals surface area contributed by atoms with Crippen LogP contribution in [0.25, 0.3) is 0 Å². The number of ether oxygens (including phenoxy) is 1. The van der Waals surface area contributed by atoms with Gasteiger partial charge in [0.05, 0.1) is 18.3 Å². The molecule has 2 unspecified atom stereocenters. The molecule has 1 aromatic heterocycles. The number of nitrogens with zero attached hydrogens (tertiary/aromatic N) is 3. The molecule has 1 saturated heterocycles. The number of nitrogens with one attached hydrogen (secondary N) is 2. The summed E-state index contributed by atoms with van der Waals surface area (Å²) in [6.45, 7) is 15.5. The molecule has 0 spiro atoms. The number of aliphatic imine (C=N–C) groups is 1. The Balaban J connectivity index is 0.00000420. The van der Waals surface area contributed by atoms with E-state index >= 15 is 0 Å². The van der Waals surface area contributed by atoms with Crippen LogP contribution in [0.15, 0.2) is 4.99 Å². The molecule has 0 amide bonds. The van der Waals surface area contributed by atoms with Gasteiger partial charge in [0, 0.05) is 19.6 Å². The highest BCUT2D eigenvalue weighted by Gasteiger charge is 2.20. The summed E-state index contributed by atoms with van der Waals surface area (Å²) < 4.78 is 5.11. The summed E-state index contributed by atoms with van der Waals surface area (Å²) in [6.07, 6.45) is 2.64. The Labute approximate surface area is 196 Å². The number of hydrogen-bond acceptors (Lipinski definition) is 6. The second-order valence-electron chi connectivity index (χ2n) is 7.39. The van der Waals surface area contributed by atoms with Crippen molar-refractivity contribution in [2.24, 2.45) is 10.9 Å². The standard InChI is InChI=1S/C20H35N5O2S.HI/c1-6-21-20(22-12-14(3)13-25-10-8-9-11-25)24-16(5)18-23-15(4)17(28-18)19(26)27-7-2;/h14,16H,6-13H2,1-5H3,(H2,21,22,24);1H. The van der Waals surface area contributed by atoms with Crippen molar-refractivity contribution in [3.8, 4) is 0 Å². The first kappa shape index (κ1) is 26.1. The van der Waals surface area contributed by atoms with E-state index in [4.69, 9.17) is 9.73 Å². The predicted octanol–water partition coefficient (Wildman–Crippen LogP) is 3.59. The molecule has 9 heteroatoms. The molecule has 0 aromatic carbocycles. The van der Waals surface area contributed by atoms with Gasteiger partial charge in [-0.2, -0.15) is 0 Å². The maximum absolute atomic E-state index is 12.0. The van der Waals surface area contributed by atoms with Gasteiger partial charge in [-0.1, -0.05) is 6.92 Å². The van der Waals surface area contributed by atoms with Crippen molar-refractivity contribution >= 4 is 47.2 Å². The van der Waals surface area contributed by atoms with Gasteiger partial charge < -0.3 is 20.3 Å². The van der Waals surface area contributed by atoms with Crippen LogP contribution in [0.4, 0.5) is 0 Å². The van der Waals surface area contributed by atoms with E-state index in [1.54, 1.807) is 0 Å². The lowest BCUT2D eigenvalue weighted by molar-refractivity contribution is 0.0531. The fraction of sp³-hybridized carbons (Fsp3) is 0.750. The Kier molecular flexibility index (Phi) is 12.0. The van der Waals surface area contributed by atoms with Crippen molar-refractivity contribution in [3.05, 3.63) is 15.6 Å². The van der Waals surface area contributed by atoms with E-state index in [0.29, 0.717) is 23.1 Å². The smallest absolute Gasteiger partial charge is 0.350 e. The van der Waals surface area contributed by atoms with Crippen LogP contribution >= 0.6 is 35.3 Å². The Morgan fingerprint density at radius 3 is 2.62 bits per heavy atom. The van der Waals surface area contributed by atoms with Gasteiger partial charge in [0.25, 0.3) is 0 Å². The summed E-state index contributed by atoms with van der Waals surface area (Å²) in [5.74, 6) is 1.00. The maximum Gasteiger partial charge on any atom is 0.350 e. The number of hydrogen-bond donors (Lipinski definition) is 2. The van der Waals surface area contributed by atoms with Crippen molar-refractivity contribution in [3.63, 3.8) is 0 Å². The number of rotatable bonds is 9. The molecule has 166 valence electrons. The molecule has 1 aromatic rings. The average molecular weight is 538 g/mol. The molecule has 0 saturated carbocycles. The summed E-state index contributed by atoms with van der Waals surface area (Å²) in [5.41, 5.74) is 0.716. The minimum Gasteiger partial charge on any atom is -0.462 e. The number of guanidine groups is 1.